The van der Waals surface area contributed by atoms with Crippen molar-refractivity contribution in [3.8, 4) is 0 Å². The van der Waals surface area contributed by atoms with Crippen LogP contribution in [0.2, 0.25) is 5.15 Å². The van der Waals surface area contributed by atoms with Gasteiger partial charge in [-0.15, -0.1) is 0 Å². The third-order valence-corrected chi connectivity index (χ3v) is 3.94. The van der Waals surface area contributed by atoms with Gasteiger partial charge in [-0.25, -0.2) is 9.97 Å². The SMILES string of the molecule is CCC1CN(c2nc(C)nc(Cl)c2C=O)CCN1C. The fourth-order valence-corrected chi connectivity index (χ4v) is 2.71. The summed E-state index contributed by atoms with van der Waals surface area (Å²) in [5.74, 6) is 1.26. The van der Waals surface area contributed by atoms with Crippen molar-refractivity contribution in [1.82, 2.24) is 14.9 Å². The van der Waals surface area contributed by atoms with Gasteiger partial charge in [0.25, 0.3) is 0 Å². The first-order valence-electron chi connectivity index (χ1n) is 6.51. The second-order valence-corrected chi connectivity index (χ2v) is 5.26. The van der Waals surface area contributed by atoms with Crippen molar-refractivity contribution in [3.05, 3.63) is 16.5 Å². The van der Waals surface area contributed by atoms with Crippen molar-refractivity contribution < 1.29 is 4.79 Å². The van der Waals surface area contributed by atoms with Gasteiger partial charge in [0.15, 0.2) is 6.29 Å². The number of rotatable bonds is 3. The minimum atomic E-state index is 0.240. The van der Waals surface area contributed by atoms with Crippen molar-refractivity contribution in [2.75, 3.05) is 31.6 Å². The van der Waals surface area contributed by atoms with Gasteiger partial charge >= 0.3 is 0 Å². The van der Waals surface area contributed by atoms with E-state index in [-0.39, 0.29) is 5.15 Å². The van der Waals surface area contributed by atoms with Gasteiger partial charge in [0.2, 0.25) is 0 Å². The number of aryl methyl sites for hydroxylation is 1. The van der Waals surface area contributed by atoms with E-state index in [4.69, 9.17) is 11.6 Å². The van der Waals surface area contributed by atoms with Crippen LogP contribution in [0.25, 0.3) is 0 Å². The van der Waals surface area contributed by atoms with Crippen LogP contribution in [0.1, 0.15) is 29.5 Å². The highest BCUT2D eigenvalue weighted by molar-refractivity contribution is 6.32. The lowest BCUT2D eigenvalue weighted by Gasteiger charge is -2.40. The van der Waals surface area contributed by atoms with Crippen molar-refractivity contribution in [3.63, 3.8) is 0 Å². The number of carbonyl (C=O) groups excluding carboxylic acids is 1. The maximum atomic E-state index is 11.2. The average Bonchev–Trinajstić information content (AvgIpc) is 2.38. The first-order valence-corrected chi connectivity index (χ1v) is 6.89. The number of likely N-dealkylation sites (N-methyl/N-ethyl adjacent to an activating group) is 1. The number of hydrogen-bond acceptors (Lipinski definition) is 5. The minimum Gasteiger partial charge on any atom is -0.353 e. The Balaban J connectivity index is 2.34. The molecule has 5 nitrogen and oxygen atoms in total. The molecule has 2 heterocycles. The lowest BCUT2D eigenvalue weighted by molar-refractivity contribution is 0.112. The van der Waals surface area contributed by atoms with Gasteiger partial charge in [-0.2, -0.15) is 0 Å². The summed E-state index contributed by atoms with van der Waals surface area (Å²) in [5.41, 5.74) is 0.395. The smallest absolute Gasteiger partial charge is 0.156 e. The number of anilines is 1. The maximum absolute atomic E-state index is 11.2. The molecule has 0 amide bonds. The molecule has 2 rings (SSSR count). The highest BCUT2D eigenvalue weighted by Crippen LogP contribution is 2.25. The van der Waals surface area contributed by atoms with Gasteiger partial charge in [-0.3, -0.25) is 9.69 Å². The van der Waals surface area contributed by atoms with Gasteiger partial charge in [-0.05, 0) is 20.4 Å². The Morgan fingerprint density at radius 3 is 2.79 bits per heavy atom. The predicted octanol–water partition coefficient (Wildman–Crippen LogP) is 1.78. The molecule has 0 N–H and O–H groups in total. The molecule has 0 radical (unpaired) electrons. The van der Waals surface area contributed by atoms with Crippen LogP contribution in [0.3, 0.4) is 0 Å². The molecule has 0 spiro atoms. The fraction of sp³-hybridized carbons (Fsp3) is 0.615. The summed E-state index contributed by atoms with van der Waals surface area (Å²) in [4.78, 5) is 24.1. The number of halogens is 1. The first kappa shape index (κ1) is 14.2. The standard InChI is InChI=1S/C13H19ClN4O/c1-4-10-7-18(6-5-17(10)3)13-11(8-19)12(14)15-9(2)16-13/h8,10H,4-7H2,1-3H3. The lowest BCUT2D eigenvalue weighted by Crippen LogP contribution is -2.51. The summed E-state index contributed by atoms with van der Waals surface area (Å²) in [6.07, 6.45) is 1.82. The molecule has 1 unspecified atom stereocenters. The van der Waals surface area contributed by atoms with E-state index in [0.29, 0.717) is 23.2 Å². The molecular formula is C13H19ClN4O. The molecular weight excluding hydrogens is 264 g/mol. The summed E-state index contributed by atoms with van der Waals surface area (Å²) in [6, 6.07) is 0.474. The summed E-state index contributed by atoms with van der Waals surface area (Å²) < 4.78 is 0. The Labute approximate surface area is 118 Å². The lowest BCUT2D eigenvalue weighted by atomic mass is 10.1. The highest BCUT2D eigenvalue weighted by atomic mass is 35.5. The molecule has 0 saturated carbocycles. The molecule has 1 aromatic heterocycles. The zero-order chi connectivity index (χ0) is 14.0. The number of aromatic nitrogens is 2. The fourth-order valence-electron chi connectivity index (χ4n) is 2.45. The molecule has 6 heteroatoms. The number of aldehydes is 1. The maximum Gasteiger partial charge on any atom is 0.156 e. The average molecular weight is 283 g/mol. The van der Waals surface area contributed by atoms with E-state index in [9.17, 15) is 4.79 Å². The van der Waals surface area contributed by atoms with Crippen LogP contribution in [0.15, 0.2) is 0 Å². The third kappa shape index (κ3) is 2.87. The van der Waals surface area contributed by atoms with E-state index in [1.54, 1.807) is 6.92 Å². The number of carbonyl (C=O) groups is 1. The van der Waals surface area contributed by atoms with Crippen LogP contribution in [-0.4, -0.2) is 53.9 Å². The summed E-state index contributed by atoms with van der Waals surface area (Å²) >= 11 is 6.03. The molecule has 1 atom stereocenters. The Bertz CT molecular complexity index is 480. The number of nitrogens with zero attached hydrogens (tertiary/aromatic N) is 4. The van der Waals surface area contributed by atoms with Gasteiger partial charge in [0, 0.05) is 25.7 Å². The van der Waals surface area contributed by atoms with Gasteiger partial charge in [0.1, 0.15) is 16.8 Å². The first-order chi connectivity index (χ1) is 9.06. The van der Waals surface area contributed by atoms with Crippen molar-refractivity contribution in [1.29, 1.82) is 0 Å². The second kappa shape index (κ2) is 5.84. The van der Waals surface area contributed by atoms with Crippen LogP contribution in [0.5, 0.6) is 0 Å². The van der Waals surface area contributed by atoms with E-state index in [0.717, 1.165) is 32.3 Å². The summed E-state index contributed by atoms with van der Waals surface area (Å²) in [5, 5.41) is 0.240. The minimum absolute atomic E-state index is 0.240. The topological polar surface area (TPSA) is 49.3 Å². The van der Waals surface area contributed by atoms with Crippen LogP contribution in [0, 0.1) is 6.92 Å². The summed E-state index contributed by atoms with van der Waals surface area (Å²) in [7, 11) is 2.13. The Morgan fingerprint density at radius 2 is 2.16 bits per heavy atom. The van der Waals surface area contributed by atoms with Crippen LogP contribution >= 0.6 is 11.6 Å². The van der Waals surface area contributed by atoms with E-state index in [2.05, 4.69) is 33.7 Å². The summed E-state index contributed by atoms with van der Waals surface area (Å²) in [6.45, 7) is 6.62. The quantitative estimate of drug-likeness (QED) is 0.625. The highest BCUT2D eigenvalue weighted by Gasteiger charge is 2.26. The number of piperazine rings is 1. The van der Waals surface area contributed by atoms with Crippen molar-refractivity contribution >= 4 is 23.7 Å². The van der Waals surface area contributed by atoms with E-state index < -0.39 is 0 Å². The van der Waals surface area contributed by atoms with Crippen LogP contribution in [-0.2, 0) is 0 Å². The van der Waals surface area contributed by atoms with Crippen LogP contribution < -0.4 is 4.90 Å². The molecule has 0 aromatic carbocycles. The van der Waals surface area contributed by atoms with E-state index >= 15 is 0 Å². The molecule has 0 bridgehead atoms. The monoisotopic (exact) mass is 282 g/mol. The van der Waals surface area contributed by atoms with Gasteiger partial charge in [-0.1, -0.05) is 18.5 Å². The molecule has 1 aromatic rings. The second-order valence-electron chi connectivity index (χ2n) is 4.91. The Hall–Kier alpha value is -1.20. The molecule has 0 aliphatic carbocycles. The number of hydrogen-bond donors (Lipinski definition) is 0. The molecule has 19 heavy (non-hydrogen) atoms. The molecule has 1 fully saturated rings. The van der Waals surface area contributed by atoms with Crippen molar-refractivity contribution in [2.24, 2.45) is 0 Å². The molecule has 104 valence electrons. The van der Waals surface area contributed by atoms with Crippen molar-refractivity contribution in [2.45, 2.75) is 26.3 Å². The Morgan fingerprint density at radius 1 is 1.42 bits per heavy atom. The molecule has 1 aliphatic heterocycles. The zero-order valence-corrected chi connectivity index (χ0v) is 12.3. The van der Waals surface area contributed by atoms with Gasteiger partial charge in [0.05, 0.1) is 5.56 Å². The van der Waals surface area contributed by atoms with E-state index in [1.165, 1.54) is 0 Å². The molecule has 1 aliphatic rings. The molecule has 1 saturated heterocycles. The normalized spacial score (nSPS) is 20.6. The Kier molecular flexibility index (Phi) is 4.37. The zero-order valence-electron chi connectivity index (χ0n) is 11.6. The largest absolute Gasteiger partial charge is 0.353 e. The third-order valence-electron chi connectivity index (χ3n) is 3.66. The predicted molar refractivity (Wildman–Crippen MR) is 76.1 cm³/mol. The van der Waals surface area contributed by atoms with Crippen LogP contribution in [0.4, 0.5) is 5.82 Å². The van der Waals surface area contributed by atoms with E-state index in [1.807, 2.05) is 0 Å². The van der Waals surface area contributed by atoms with Gasteiger partial charge < -0.3 is 4.90 Å².